The normalized spacial score (nSPS) is 21.0. The summed E-state index contributed by atoms with van der Waals surface area (Å²) in [6.45, 7) is 13.4. The van der Waals surface area contributed by atoms with Crippen molar-refractivity contribution in [2.24, 2.45) is 29.2 Å². The maximum absolute atomic E-state index is 13.9. The van der Waals surface area contributed by atoms with E-state index in [1.165, 1.54) is 19.1 Å². The van der Waals surface area contributed by atoms with Crippen LogP contribution in [0.1, 0.15) is 95.2 Å². The van der Waals surface area contributed by atoms with Gasteiger partial charge in [0.05, 0.1) is 17.1 Å². The van der Waals surface area contributed by atoms with E-state index in [0.29, 0.717) is 84.6 Å². The van der Waals surface area contributed by atoms with Gasteiger partial charge in [-0.05, 0) is 67.3 Å². The van der Waals surface area contributed by atoms with Crippen LogP contribution >= 0.6 is 0 Å². The summed E-state index contributed by atoms with van der Waals surface area (Å²) in [6.07, 6.45) is 2.23. The molecule has 4 amide bonds. The molecular formula is C52H83N11O8. The fourth-order valence-corrected chi connectivity index (χ4v) is 8.98. The van der Waals surface area contributed by atoms with Crippen LogP contribution in [0.25, 0.3) is 0 Å². The molecule has 3 fully saturated rings. The first kappa shape index (κ1) is 58.4. The average molecular weight is 990 g/mol. The maximum atomic E-state index is 13.9. The average Bonchev–Trinajstić information content (AvgIpc) is 3.33. The molecule has 14 N–H and O–H groups in total. The van der Waals surface area contributed by atoms with Gasteiger partial charge in [-0.25, -0.2) is 0 Å². The second kappa shape index (κ2) is 30.7. The number of ketones is 3. The van der Waals surface area contributed by atoms with Gasteiger partial charge >= 0.3 is 0 Å². The second-order valence-corrected chi connectivity index (χ2v) is 19.9. The number of benzene rings is 2. The minimum atomic E-state index is -0.938. The summed E-state index contributed by atoms with van der Waals surface area (Å²) in [7, 11) is 0. The molecule has 2 bridgehead atoms. The molecule has 0 spiro atoms. The van der Waals surface area contributed by atoms with Crippen LogP contribution in [0.3, 0.4) is 0 Å². The number of Topliss-reactive ketones (excluding diaryl/α,β-unsaturated/α-hetero) is 3. The lowest BCUT2D eigenvalue weighted by atomic mass is 9.86. The lowest BCUT2D eigenvalue weighted by molar-refractivity contribution is -0.135. The Bertz CT molecular complexity index is 1970. The fraction of sp³-hybridized carbons (Fsp3) is 0.635. The number of amides is 4. The number of hydrogen-bond donors (Lipinski definition) is 12. The number of phenolic OH excluding ortho intramolecular Hbond substituents is 1. The highest BCUT2D eigenvalue weighted by Crippen LogP contribution is 2.22. The van der Waals surface area contributed by atoms with Gasteiger partial charge < -0.3 is 69.2 Å². The minimum Gasteiger partial charge on any atom is -0.508 e. The van der Waals surface area contributed by atoms with E-state index < -0.39 is 46.7 Å². The van der Waals surface area contributed by atoms with Gasteiger partial charge in [0.15, 0.2) is 5.78 Å². The number of primary amides is 1. The Hall–Kier alpha value is -5.15. The highest BCUT2D eigenvalue weighted by Gasteiger charge is 2.34. The van der Waals surface area contributed by atoms with Crippen molar-refractivity contribution in [1.82, 2.24) is 47.9 Å². The van der Waals surface area contributed by atoms with Crippen molar-refractivity contribution in [2.45, 2.75) is 115 Å². The zero-order valence-corrected chi connectivity index (χ0v) is 42.4. The number of carbonyl (C=O) groups is 7. The maximum Gasteiger partial charge on any atom is 0.224 e. The van der Waals surface area contributed by atoms with Gasteiger partial charge in [0.25, 0.3) is 0 Å². The van der Waals surface area contributed by atoms with Gasteiger partial charge in [-0.1, -0.05) is 56.7 Å². The van der Waals surface area contributed by atoms with E-state index in [0.717, 1.165) is 36.3 Å². The number of nitrogens with two attached hydrogens (primary N) is 2. The Balaban J connectivity index is 1.26. The predicted octanol–water partition coefficient (Wildman–Crippen LogP) is 0.00750. The van der Waals surface area contributed by atoms with E-state index in [1.807, 2.05) is 38.1 Å². The van der Waals surface area contributed by atoms with Gasteiger partial charge in [-0.15, -0.1) is 0 Å². The molecule has 3 heterocycles. The molecule has 3 saturated heterocycles. The van der Waals surface area contributed by atoms with Gasteiger partial charge in [0, 0.05) is 135 Å². The second-order valence-electron chi connectivity index (χ2n) is 19.9. The number of fused-ring (bicyclic) bond motifs is 15. The molecule has 0 saturated carbocycles. The van der Waals surface area contributed by atoms with Crippen molar-refractivity contribution < 1.29 is 38.7 Å². The number of nitrogens with one attached hydrogen (secondary N) is 9. The van der Waals surface area contributed by atoms with Gasteiger partial charge in [-0.3, -0.25) is 28.8 Å². The van der Waals surface area contributed by atoms with E-state index in [9.17, 15) is 38.7 Å². The predicted molar refractivity (Wildman–Crippen MR) is 274 cm³/mol. The molecule has 19 heteroatoms. The smallest absolute Gasteiger partial charge is 0.224 e. The molecule has 19 nitrogen and oxygen atoms in total. The third-order valence-electron chi connectivity index (χ3n) is 13.4. The van der Waals surface area contributed by atoms with Crippen LogP contribution in [0.5, 0.6) is 5.75 Å². The van der Waals surface area contributed by atoms with Crippen molar-refractivity contribution in [3.8, 4) is 5.75 Å². The van der Waals surface area contributed by atoms with E-state index in [-0.39, 0.29) is 86.4 Å². The molecule has 3 aliphatic heterocycles. The largest absolute Gasteiger partial charge is 0.508 e. The van der Waals surface area contributed by atoms with Crippen LogP contribution in [-0.2, 0) is 52.9 Å². The molecule has 1 unspecified atom stereocenters. The molecule has 0 aromatic heterocycles. The van der Waals surface area contributed by atoms with Crippen LogP contribution in [0.4, 0.5) is 0 Å². The van der Waals surface area contributed by atoms with Crippen molar-refractivity contribution in [1.29, 1.82) is 0 Å². The third kappa shape index (κ3) is 22.0. The number of rotatable bonds is 25. The number of carbonyl (C=O) groups excluding carboxylic acids is 7. The highest BCUT2D eigenvalue weighted by molar-refractivity contribution is 5.94. The first-order valence-electron chi connectivity index (χ1n) is 25.6. The number of aryl methyl sites for hydroxylation is 1. The standard InChI is InChI=1S/C52H83N11O8/c1-4-36(2)48(62-50(71)42(26-37(3)64)27-39-13-17-44(66)18-14-39)45(67)28-41(15-19-46(53)68)49(70)61-29-40-10-8-38(9-11-40)12-16-43(65)6-5-7-47(69)63-52-33-58-23-20-55-30-51(54,31-56-21-24-59-34-52)32-57-22-25-60-35-52/h8-11,13-14,17-18,36,41-42,48,55-60,66H,4-7,12,15-16,19-35,54H2,1-3H3,(H2,53,68)(H,61,70)(H,62,71)(H,63,69)/t36?,41-,42+,48+,51?,52?/m1/s1. The van der Waals surface area contributed by atoms with Crippen molar-refractivity contribution in [3.63, 3.8) is 0 Å². The van der Waals surface area contributed by atoms with Gasteiger partial charge in [-0.2, -0.15) is 0 Å². The molecule has 0 radical (unpaired) electrons. The molecule has 0 aliphatic carbocycles. The van der Waals surface area contributed by atoms with Crippen molar-refractivity contribution >= 4 is 41.0 Å². The lowest BCUT2D eigenvalue weighted by Crippen LogP contribution is -2.67. The van der Waals surface area contributed by atoms with Crippen LogP contribution in [0, 0.1) is 17.8 Å². The summed E-state index contributed by atoms with van der Waals surface area (Å²) in [5, 5.41) is 39.8. The zero-order chi connectivity index (χ0) is 51.7. The Labute approximate surface area is 420 Å². The molecule has 4 atom stereocenters. The van der Waals surface area contributed by atoms with Gasteiger partial charge in [0.2, 0.25) is 23.6 Å². The summed E-state index contributed by atoms with van der Waals surface area (Å²) in [6, 6.07) is 13.0. The molecule has 2 aromatic carbocycles. The Kier molecular flexibility index (Phi) is 25.2. The Morgan fingerprint density at radius 1 is 0.676 bits per heavy atom. The first-order valence-corrected chi connectivity index (χ1v) is 25.6. The summed E-state index contributed by atoms with van der Waals surface area (Å²) in [5.74, 6) is -3.95. The molecule has 394 valence electrons. The molecule has 5 rings (SSSR count). The van der Waals surface area contributed by atoms with Gasteiger partial charge in [0.1, 0.15) is 17.3 Å². The zero-order valence-electron chi connectivity index (χ0n) is 42.4. The molecule has 3 aliphatic rings. The summed E-state index contributed by atoms with van der Waals surface area (Å²) >= 11 is 0. The highest BCUT2D eigenvalue weighted by atomic mass is 16.3. The first-order chi connectivity index (χ1) is 34.0. The molecule has 2 aromatic rings. The minimum absolute atomic E-state index is 0.0394. The van der Waals surface area contributed by atoms with E-state index in [4.69, 9.17) is 11.5 Å². The Morgan fingerprint density at radius 3 is 1.75 bits per heavy atom. The molecular weight excluding hydrogens is 907 g/mol. The van der Waals surface area contributed by atoms with E-state index in [1.54, 1.807) is 12.1 Å². The molecule has 71 heavy (non-hydrogen) atoms. The summed E-state index contributed by atoms with van der Waals surface area (Å²) in [4.78, 5) is 91.6. The Morgan fingerprint density at radius 2 is 1.21 bits per heavy atom. The number of aromatic hydroxyl groups is 1. The fourth-order valence-electron chi connectivity index (χ4n) is 8.98. The quantitative estimate of drug-likeness (QED) is 0.0624. The van der Waals surface area contributed by atoms with E-state index in [2.05, 4.69) is 47.9 Å². The number of phenols is 1. The third-order valence-corrected chi connectivity index (χ3v) is 13.4. The number of hydrogen-bond acceptors (Lipinski definition) is 15. The SMILES string of the molecule is CCC(C)[C@H](NC(=O)[C@@H](CC(C)=O)Cc1ccc(O)cc1)C(=O)C[C@@H](CCC(N)=O)C(=O)NCc1ccc(CCC(=O)CCCC(=O)NC23CNCCNCC(N)(CNCCNC2)CNCCNC3)cc1. The monoisotopic (exact) mass is 990 g/mol. The van der Waals surface area contributed by atoms with Crippen molar-refractivity contribution in [3.05, 3.63) is 65.2 Å². The summed E-state index contributed by atoms with van der Waals surface area (Å²) in [5.41, 5.74) is 13.7. The van der Waals surface area contributed by atoms with Crippen LogP contribution in [-0.4, -0.2) is 142 Å². The van der Waals surface area contributed by atoms with Crippen LogP contribution in [0.2, 0.25) is 0 Å². The topological polar surface area (TPSA) is 300 Å². The van der Waals surface area contributed by atoms with E-state index >= 15 is 0 Å². The van der Waals surface area contributed by atoms with Crippen LogP contribution < -0.4 is 59.3 Å². The lowest BCUT2D eigenvalue weighted by Gasteiger charge is -2.37. The van der Waals surface area contributed by atoms with Crippen LogP contribution in [0.15, 0.2) is 48.5 Å². The summed E-state index contributed by atoms with van der Waals surface area (Å²) < 4.78 is 0. The van der Waals surface area contributed by atoms with Crippen molar-refractivity contribution in [2.75, 3.05) is 78.5 Å².